The van der Waals surface area contributed by atoms with Crippen LogP contribution in [0.15, 0.2) is 64.7 Å². The molecule has 0 saturated carbocycles. The molecule has 4 rings (SSSR count). The maximum absolute atomic E-state index is 13.3. The highest BCUT2D eigenvalue weighted by Crippen LogP contribution is 2.27. The molecule has 9 heteroatoms. The van der Waals surface area contributed by atoms with Gasteiger partial charge in [-0.1, -0.05) is 50.6 Å². The Labute approximate surface area is 217 Å². The van der Waals surface area contributed by atoms with Gasteiger partial charge in [-0.05, 0) is 36.2 Å². The van der Waals surface area contributed by atoms with Crippen molar-refractivity contribution in [1.82, 2.24) is 9.91 Å². The van der Waals surface area contributed by atoms with Gasteiger partial charge < -0.3 is 14.6 Å². The number of hydrazone groups is 1. The topological polar surface area (TPSA) is 104 Å². The molecule has 196 valence electrons. The molecule has 1 amide bonds. The Bertz CT molecular complexity index is 1150. The van der Waals surface area contributed by atoms with Crippen molar-refractivity contribution in [3.8, 4) is 11.5 Å². The van der Waals surface area contributed by atoms with Crippen molar-refractivity contribution in [1.29, 1.82) is 0 Å². The molecule has 2 aliphatic heterocycles. The number of benzene rings is 2. The zero-order chi connectivity index (χ0) is 26.4. The SMILES string of the molecule is CCCC1=NN(C)C2C(=O)N(CCOc3ccc(CC(Oc4ccccc4)C(=O)O)cc3)C(CC)=NC12. The number of amidine groups is 1. The Morgan fingerprint density at radius 2 is 1.81 bits per heavy atom. The summed E-state index contributed by atoms with van der Waals surface area (Å²) < 4.78 is 11.6. The third kappa shape index (κ3) is 6.10. The maximum atomic E-state index is 13.3. The average molecular weight is 507 g/mol. The van der Waals surface area contributed by atoms with E-state index < -0.39 is 18.1 Å². The molecule has 0 spiro atoms. The first kappa shape index (κ1) is 26.2. The number of amides is 1. The van der Waals surface area contributed by atoms with E-state index in [1.807, 2.05) is 32.2 Å². The van der Waals surface area contributed by atoms with Gasteiger partial charge in [-0.25, -0.2) is 4.79 Å². The number of carboxylic acid groups (broad SMARTS) is 1. The van der Waals surface area contributed by atoms with E-state index in [0.29, 0.717) is 31.1 Å². The van der Waals surface area contributed by atoms with E-state index in [0.717, 1.165) is 30.0 Å². The molecule has 0 saturated heterocycles. The van der Waals surface area contributed by atoms with E-state index in [1.54, 1.807) is 46.3 Å². The number of carbonyl (C=O) groups is 2. The number of aliphatic imine (C=N–C) groups is 1. The Morgan fingerprint density at radius 1 is 1.08 bits per heavy atom. The van der Waals surface area contributed by atoms with Gasteiger partial charge in [0.25, 0.3) is 5.91 Å². The minimum absolute atomic E-state index is 0.00581. The lowest BCUT2D eigenvalue weighted by molar-refractivity contribution is -0.145. The van der Waals surface area contributed by atoms with Crippen LogP contribution in [0.25, 0.3) is 0 Å². The van der Waals surface area contributed by atoms with Crippen LogP contribution in [0.1, 0.15) is 38.7 Å². The minimum atomic E-state index is -1.02. The Kier molecular flexibility index (Phi) is 8.43. The van der Waals surface area contributed by atoms with Crippen molar-refractivity contribution in [2.24, 2.45) is 10.1 Å². The van der Waals surface area contributed by atoms with Crippen molar-refractivity contribution >= 4 is 23.4 Å². The lowest BCUT2D eigenvalue weighted by Gasteiger charge is -2.35. The molecule has 0 fully saturated rings. The summed E-state index contributed by atoms with van der Waals surface area (Å²) in [4.78, 5) is 31.6. The number of rotatable bonds is 12. The number of carboxylic acids is 1. The summed E-state index contributed by atoms with van der Waals surface area (Å²) in [5.41, 5.74) is 1.80. The van der Waals surface area contributed by atoms with Crippen LogP contribution in [0.4, 0.5) is 0 Å². The van der Waals surface area contributed by atoms with Crippen LogP contribution in [-0.4, -0.2) is 76.8 Å². The van der Waals surface area contributed by atoms with Gasteiger partial charge in [0.05, 0.1) is 12.3 Å². The van der Waals surface area contributed by atoms with Gasteiger partial charge in [0.2, 0.25) is 0 Å². The van der Waals surface area contributed by atoms with Crippen molar-refractivity contribution in [3.63, 3.8) is 0 Å². The lowest BCUT2D eigenvalue weighted by Crippen LogP contribution is -2.56. The van der Waals surface area contributed by atoms with Crippen LogP contribution in [-0.2, 0) is 16.0 Å². The summed E-state index contributed by atoms with van der Waals surface area (Å²) in [6.45, 7) is 4.80. The van der Waals surface area contributed by atoms with E-state index in [4.69, 9.17) is 14.5 Å². The Hall–Kier alpha value is -3.88. The number of fused-ring (bicyclic) bond motifs is 1. The Morgan fingerprint density at radius 3 is 2.46 bits per heavy atom. The van der Waals surface area contributed by atoms with E-state index in [-0.39, 0.29) is 18.4 Å². The molecule has 2 aromatic carbocycles. The molecule has 3 unspecified atom stereocenters. The number of ether oxygens (including phenoxy) is 2. The normalized spacial score (nSPS) is 19.7. The monoisotopic (exact) mass is 506 g/mol. The number of nitrogens with zero attached hydrogens (tertiary/aromatic N) is 4. The summed E-state index contributed by atoms with van der Waals surface area (Å²) in [6.07, 6.45) is 1.69. The van der Waals surface area contributed by atoms with Gasteiger partial charge in [-0.15, -0.1) is 0 Å². The fourth-order valence-corrected chi connectivity index (χ4v) is 4.68. The standard InChI is InChI=1S/C28H34N4O5/c1-4-9-22-25-26(31(3)30-22)27(33)32(24(5-2)29-25)16-17-36-20-14-12-19(13-15-20)18-23(28(34)35)37-21-10-7-6-8-11-21/h6-8,10-15,23,25-26H,4-5,9,16-18H2,1-3H3,(H,34,35). The number of carbonyl (C=O) groups excluding carboxylic acids is 1. The van der Waals surface area contributed by atoms with Gasteiger partial charge in [-0.2, -0.15) is 5.10 Å². The molecular formula is C28H34N4O5. The van der Waals surface area contributed by atoms with Crippen LogP contribution in [0.2, 0.25) is 0 Å². The van der Waals surface area contributed by atoms with Crippen molar-refractivity contribution in [3.05, 3.63) is 60.2 Å². The highest BCUT2D eigenvalue weighted by atomic mass is 16.5. The van der Waals surface area contributed by atoms with E-state index in [9.17, 15) is 14.7 Å². The first-order valence-corrected chi connectivity index (χ1v) is 12.8. The fourth-order valence-electron chi connectivity index (χ4n) is 4.68. The molecule has 37 heavy (non-hydrogen) atoms. The zero-order valence-corrected chi connectivity index (χ0v) is 21.5. The highest BCUT2D eigenvalue weighted by molar-refractivity contribution is 6.09. The highest BCUT2D eigenvalue weighted by Gasteiger charge is 2.46. The summed E-state index contributed by atoms with van der Waals surface area (Å²) in [5, 5.41) is 15.9. The quantitative estimate of drug-likeness (QED) is 0.472. The van der Waals surface area contributed by atoms with Crippen LogP contribution in [0, 0.1) is 0 Å². The summed E-state index contributed by atoms with van der Waals surface area (Å²) in [6, 6.07) is 15.6. The smallest absolute Gasteiger partial charge is 0.345 e. The molecule has 0 bridgehead atoms. The van der Waals surface area contributed by atoms with Crippen LogP contribution in [0.5, 0.6) is 11.5 Å². The molecule has 1 N–H and O–H groups in total. The third-order valence-electron chi connectivity index (χ3n) is 6.50. The largest absolute Gasteiger partial charge is 0.492 e. The number of hydrogen-bond acceptors (Lipinski definition) is 7. The number of aliphatic carboxylic acids is 1. The Balaban J connectivity index is 1.33. The third-order valence-corrected chi connectivity index (χ3v) is 6.50. The molecule has 2 heterocycles. The van der Waals surface area contributed by atoms with Crippen LogP contribution in [0.3, 0.4) is 0 Å². The molecule has 0 aliphatic carbocycles. The van der Waals surface area contributed by atoms with Crippen molar-refractivity contribution in [2.75, 3.05) is 20.2 Å². The summed E-state index contributed by atoms with van der Waals surface area (Å²) in [5.74, 6) is 0.906. The molecule has 2 aromatic rings. The number of hydrogen-bond donors (Lipinski definition) is 1. The predicted molar refractivity (Wildman–Crippen MR) is 141 cm³/mol. The first-order chi connectivity index (χ1) is 17.9. The number of likely N-dealkylation sites (N-methyl/N-ethyl adjacent to an activating group) is 1. The van der Waals surface area contributed by atoms with Gasteiger partial charge >= 0.3 is 5.97 Å². The van der Waals surface area contributed by atoms with E-state index in [2.05, 4.69) is 12.0 Å². The summed E-state index contributed by atoms with van der Waals surface area (Å²) in [7, 11) is 1.83. The lowest BCUT2D eigenvalue weighted by atomic mass is 9.98. The van der Waals surface area contributed by atoms with Crippen LogP contribution < -0.4 is 9.47 Å². The van der Waals surface area contributed by atoms with Crippen molar-refractivity contribution < 1.29 is 24.2 Å². The van der Waals surface area contributed by atoms with Crippen LogP contribution >= 0.6 is 0 Å². The predicted octanol–water partition coefficient (Wildman–Crippen LogP) is 3.63. The second-order valence-corrected chi connectivity index (χ2v) is 9.15. The van der Waals surface area contributed by atoms with Crippen molar-refractivity contribution in [2.45, 2.75) is 57.7 Å². The zero-order valence-electron chi connectivity index (χ0n) is 21.5. The van der Waals surface area contributed by atoms with Gasteiger partial charge in [0.15, 0.2) is 12.1 Å². The fraction of sp³-hybridized carbons (Fsp3) is 0.429. The molecule has 3 atom stereocenters. The van der Waals surface area contributed by atoms with E-state index in [1.165, 1.54) is 0 Å². The molecule has 0 aromatic heterocycles. The summed E-state index contributed by atoms with van der Waals surface area (Å²) >= 11 is 0. The average Bonchev–Trinajstić information content (AvgIpc) is 3.21. The second kappa shape index (κ2) is 11.9. The molecule has 9 nitrogen and oxygen atoms in total. The minimum Gasteiger partial charge on any atom is -0.492 e. The molecule has 2 aliphatic rings. The van der Waals surface area contributed by atoms with Gasteiger partial charge in [0, 0.05) is 19.9 Å². The molecular weight excluding hydrogens is 472 g/mol. The molecule has 0 radical (unpaired) electrons. The number of para-hydroxylation sites is 1. The van der Waals surface area contributed by atoms with E-state index >= 15 is 0 Å². The van der Waals surface area contributed by atoms with Gasteiger partial charge in [0.1, 0.15) is 30.0 Å². The van der Waals surface area contributed by atoms with Gasteiger partial charge in [-0.3, -0.25) is 19.7 Å². The first-order valence-electron chi connectivity index (χ1n) is 12.8. The maximum Gasteiger partial charge on any atom is 0.345 e. The second-order valence-electron chi connectivity index (χ2n) is 9.15.